The van der Waals surface area contributed by atoms with Gasteiger partial charge in [0.1, 0.15) is 12.4 Å². The van der Waals surface area contributed by atoms with Crippen LogP contribution in [-0.4, -0.2) is 23.9 Å². The number of carbonyl (C=O) groups excluding carboxylic acids is 1. The molecule has 0 spiro atoms. The van der Waals surface area contributed by atoms with Crippen molar-refractivity contribution in [3.05, 3.63) is 64.1 Å². The zero-order valence-corrected chi connectivity index (χ0v) is 17.1. The van der Waals surface area contributed by atoms with Gasteiger partial charge < -0.3 is 9.64 Å². The summed E-state index contributed by atoms with van der Waals surface area (Å²) < 4.78 is 6.97. The van der Waals surface area contributed by atoms with Gasteiger partial charge in [-0.05, 0) is 42.0 Å². The molecule has 1 aliphatic heterocycles. The van der Waals surface area contributed by atoms with E-state index in [9.17, 15) is 4.79 Å². The first-order valence-electron chi connectivity index (χ1n) is 9.16. The average molecular weight is 416 g/mol. The highest BCUT2D eigenvalue weighted by molar-refractivity contribution is 9.10. The van der Waals surface area contributed by atoms with E-state index in [4.69, 9.17) is 4.74 Å². The molecular weight excluding hydrogens is 390 g/mol. The van der Waals surface area contributed by atoms with Crippen molar-refractivity contribution in [2.24, 2.45) is 5.41 Å². The molecule has 1 heterocycles. The fourth-order valence-corrected chi connectivity index (χ4v) is 3.61. The van der Waals surface area contributed by atoms with E-state index in [1.165, 1.54) is 0 Å². The summed E-state index contributed by atoms with van der Waals surface area (Å²) in [5.74, 6) is 0.964. The van der Waals surface area contributed by atoms with Gasteiger partial charge in [0.25, 0.3) is 0 Å². The van der Waals surface area contributed by atoms with Crippen LogP contribution in [0.2, 0.25) is 0 Å². The number of amides is 1. The van der Waals surface area contributed by atoms with Crippen molar-refractivity contribution in [1.82, 2.24) is 4.90 Å². The molecule has 26 heavy (non-hydrogen) atoms. The van der Waals surface area contributed by atoms with Crippen molar-refractivity contribution < 1.29 is 9.53 Å². The smallest absolute Gasteiger partial charge is 0.227 e. The largest absolute Gasteiger partial charge is 0.489 e. The molecule has 1 aliphatic rings. The summed E-state index contributed by atoms with van der Waals surface area (Å²) in [7, 11) is 0. The van der Waals surface area contributed by atoms with Crippen LogP contribution in [0.4, 0.5) is 0 Å². The Morgan fingerprint density at radius 1 is 1.12 bits per heavy atom. The summed E-state index contributed by atoms with van der Waals surface area (Å²) in [5.41, 5.74) is 2.40. The minimum Gasteiger partial charge on any atom is -0.489 e. The summed E-state index contributed by atoms with van der Waals surface area (Å²) in [5, 5.41) is 0. The highest BCUT2D eigenvalue weighted by atomic mass is 79.9. The van der Waals surface area contributed by atoms with Gasteiger partial charge in [-0.1, -0.05) is 60.1 Å². The summed E-state index contributed by atoms with van der Waals surface area (Å²) in [4.78, 5) is 14.8. The number of piperidine rings is 1. The number of likely N-dealkylation sites (tertiary alicyclic amines) is 1. The Hall–Kier alpha value is -1.81. The third-order valence-corrected chi connectivity index (χ3v) is 5.56. The van der Waals surface area contributed by atoms with Crippen LogP contribution in [-0.2, 0) is 17.8 Å². The zero-order chi connectivity index (χ0) is 18.6. The van der Waals surface area contributed by atoms with Crippen LogP contribution in [0.15, 0.2) is 53.0 Å². The molecule has 138 valence electrons. The third-order valence-electron chi connectivity index (χ3n) is 5.07. The Labute approximate surface area is 164 Å². The van der Waals surface area contributed by atoms with Gasteiger partial charge in [-0.2, -0.15) is 0 Å². The molecule has 1 fully saturated rings. The van der Waals surface area contributed by atoms with Crippen LogP contribution in [0.1, 0.15) is 37.8 Å². The number of halogens is 1. The van der Waals surface area contributed by atoms with Gasteiger partial charge in [0, 0.05) is 23.1 Å². The lowest BCUT2D eigenvalue weighted by Crippen LogP contribution is -2.41. The van der Waals surface area contributed by atoms with E-state index in [0.717, 1.165) is 47.3 Å². The Bertz CT molecular complexity index is 748. The summed E-state index contributed by atoms with van der Waals surface area (Å²) >= 11 is 3.51. The molecule has 0 unspecified atom stereocenters. The molecule has 0 saturated carbocycles. The fourth-order valence-electron chi connectivity index (χ4n) is 3.20. The van der Waals surface area contributed by atoms with E-state index < -0.39 is 0 Å². The molecular formula is C22H26BrNO2. The molecule has 0 aromatic heterocycles. The van der Waals surface area contributed by atoms with Gasteiger partial charge in [-0.25, -0.2) is 0 Å². The first-order valence-corrected chi connectivity index (χ1v) is 9.95. The van der Waals surface area contributed by atoms with Crippen LogP contribution in [0, 0.1) is 5.41 Å². The van der Waals surface area contributed by atoms with Crippen LogP contribution < -0.4 is 4.74 Å². The van der Waals surface area contributed by atoms with E-state index in [1.54, 1.807) is 0 Å². The standard InChI is InChI=1S/C22H26BrNO2/c1-22(2)10-12-24(13-11-22)21(25)15-18-14-19(23)8-9-20(18)26-16-17-6-4-3-5-7-17/h3-9,14H,10-13,15-16H2,1-2H3. The van der Waals surface area contributed by atoms with Crippen molar-refractivity contribution in [3.8, 4) is 5.75 Å². The summed E-state index contributed by atoms with van der Waals surface area (Å²) in [6.07, 6.45) is 2.51. The summed E-state index contributed by atoms with van der Waals surface area (Å²) in [6.45, 7) is 6.75. The SMILES string of the molecule is CC1(C)CCN(C(=O)Cc2cc(Br)ccc2OCc2ccccc2)CC1. The first-order chi connectivity index (χ1) is 12.4. The lowest BCUT2D eigenvalue weighted by Gasteiger charge is -2.37. The third kappa shape index (κ3) is 5.10. The van der Waals surface area contributed by atoms with E-state index in [2.05, 4.69) is 29.8 Å². The van der Waals surface area contributed by atoms with Crippen molar-refractivity contribution >= 4 is 21.8 Å². The Kier molecular flexibility index (Phi) is 6.02. The minimum absolute atomic E-state index is 0.183. The monoisotopic (exact) mass is 415 g/mol. The van der Waals surface area contributed by atoms with Crippen LogP contribution in [0.3, 0.4) is 0 Å². The van der Waals surface area contributed by atoms with E-state index in [-0.39, 0.29) is 5.91 Å². The normalized spacial score (nSPS) is 16.3. The summed E-state index contributed by atoms with van der Waals surface area (Å²) in [6, 6.07) is 16.0. The van der Waals surface area contributed by atoms with Crippen LogP contribution >= 0.6 is 15.9 Å². The molecule has 0 aliphatic carbocycles. The maximum absolute atomic E-state index is 12.8. The zero-order valence-electron chi connectivity index (χ0n) is 15.5. The van der Waals surface area contributed by atoms with Gasteiger partial charge in [-0.3, -0.25) is 4.79 Å². The Morgan fingerprint density at radius 3 is 2.50 bits per heavy atom. The van der Waals surface area contributed by atoms with Gasteiger partial charge >= 0.3 is 0 Å². The van der Waals surface area contributed by atoms with Crippen molar-refractivity contribution in [3.63, 3.8) is 0 Å². The topological polar surface area (TPSA) is 29.5 Å². The van der Waals surface area contributed by atoms with E-state index in [0.29, 0.717) is 18.4 Å². The van der Waals surface area contributed by atoms with Crippen molar-refractivity contribution in [2.75, 3.05) is 13.1 Å². The number of ether oxygens (including phenoxy) is 1. The van der Waals surface area contributed by atoms with E-state index in [1.807, 2.05) is 53.4 Å². The molecule has 2 aromatic rings. The first kappa shape index (κ1) is 19.0. The highest BCUT2D eigenvalue weighted by Gasteiger charge is 2.28. The quantitative estimate of drug-likeness (QED) is 0.669. The Morgan fingerprint density at radius 2 is 1.81 bits per heavy atom. The number of rotatable bonds is 5. The maximum Gasteiger partial charge on any atom is 0.227 e. The molecule has 2 aromatic carbocycles. The lowest BCUT2D eigenvalue weighted by atomic mass is 9.82. The van der Waals surface area contributed by atoms with Crippen LogP contribution in [0.25, 0.3) is 0 Å². The highest BCUT2D eigenvalue weighted by Crippen LogP contribution is 2.31. The van der Waals surface area contributed by atoms with Gasteiger partial charge in [0.2, 0.25) is 5.91 Å². The molecule has 0 radical (unpaired) electrons. The molecule has 0 N–H and O–H groups in total. The average Bonchev–Trinajstić information content (AvgIpc) is 2.62. The maximum atomic E-state index is 12.8. The van der Waals surface area contributed by atoms with Crippen molar-refractivity contribution in [2.45, 2.75) is 39.7 Å². The van der Waals surface area contributed by atoms with E-state index >= 15 is 0 Å². The second kappa shape index (κ2) is 8.26. The lowest BCUT2D eigenvalue weighted by molar-refractivity contribution is -0.132. The number of hydrogen-bond acceptors (Lipinski definition) is 2. The molecule has 0 bridgehead atoms. The van der Waals surface area contributed by atoms with Gasteiger partial charge in [0.15, 0.2) is 0 Å². The molecule has 4 heteroatoms. The fraction of sp³-hybridized carbons (Fsp3) is 0.409. The number of hydrogen-bond donors (Lipinski definition) is 0. The van der Waals surface area contributed by atoms with Crippen LogP contribution in [0.5, 0.6) is 5.75 Å². The number of benzene rings is 2. The molecule has 0 atom stereocenters. The Balaban J connectivity index is 1.67. The number of nitrogens with zero attached hydrogens (tertiary/aromatic N) is 1. The molecule has 1 amide bonds. The minimum atomic E-state index is 0.183. The van der Waals surface area contributed by atoms with Gasteiger partial charge in [-0.15, -0.1) is 0 Å². The van der Waals surface area contributed by atoms with Gasteiger partial charge in [0.05, 0.1) is 6.42 Å². The molecule has 1 saturated heterocycles. The number of carbonyl (C=O) groups is 1. The second-order valence-corrected chi connectivity index (χ2v) is 8.66. The predicted molar refractivity (Wildman–Crippen MR) is 108 cm³/mol. The van der Waals surface area contributed by atoms with Crippen molar-refractivity contribution in [1.29, 1.82) is 0 Å². The molecule has 3 rings (SSSR count). The molecule has 3 nitrogen and oxygen atoms in total. The second-order valence-electron chi connectivity index (χ2n) is 7.75. The predicted octanol–water partition coefficient (Wildman–Crippen LogP) is 5.22.